The summed E-state index contributed by atoms with van der Waals surface area (Å²) < 4.78 is 18.6. The van der Waals surface area contributed by atoms with E-state index in [1.165, 1.54) is 23.4 Å². The van der Waals surface area contributed by atoms with Crippen molar-refractivity contribution < 1.29 is 13.9 Å². The molecule has 1 heterocycles. The van der Waals surface area contributed by atoms with Crippen molar-refractivity contribution in [2.75, 3.05) is 7.11 Å². The minimum atomic E-state index is -0.314. The molecule has 0 bridgehead atoms. The highest BCUT2D eigenvalue weighted by molar-refractivity contribution is 5.86. The molecular weight excluding hydrogens is 331 g/mol. The molecule has 1 aliphatic rings. The quantitative estimate of drug-likeness (QED) is 0.755. The molecule has 3 aromatic rings. The SMILES string of the molecule is COc1ccc2[nH]c3c(c2c1)CC(NC(=O)Cc1cccc(F)c1)CC3. The molecular formula is C21H21FN2O2. The lowest BCUT2D eigenvalue weighted by atomic mass is 9.91. The van der Waals surface area contributed by atoms with Gasteiger partial charge in [0, 0.05) is 22.6 Å². The zero-order valence-corrected chi connectivity index (χ0v) is 14.6. The van der Waals surface area contributed by atoms with Crippen LogP contribution in [0.2, 0.25) is 0 Å². The highest BCUT2D eigenvalue weighted by Gasteiger charge is 2.24. The first kappa shape index (κ1) is 16.6. The standard InChI is InChI=1S/C21H21FN2O2/c1-26-16-6-8-20-18(12-16)17-11-15(5-7-19(17)24-20)23-21(25)10-13-3-2-4-14(22)9-13/h2-4,6,8-9,12,15,24H,5,7,10-11H2,1H3,(H,23,25). The number of fused-ring (bicyclic) bond motifs is 3. The summed E-state index contributed by atoms with van der Waals surface area (Å²) in [6.07, 6.45) is 2.78. The molecule has 0 aliphatic heterocycles. The summed E-state index contributed by atoms with van der Waals surface area (Å²) in [5.74, 6) is 0.448. The van der Waals surface area contributed by atoms with Crippen molar-refractivity contribution in [1.82, 2.24) is 10.3 Å². The van der Waals surface area contributed by atoms with E-state index in [1.807, 2.05) is 18.2 Å². The first-order valence-corrected chi connectivity index (χ1v) is 8.83. The smallest absolute Gasteiger partial charge is 0.224 e. The van der Waals surface area contributed by atoms with Crippen LogP contribution < -0.4 is 10.1 Å². The number of benzene rings is 2. The fraction of sp³-hybridized carbons (Fsp3) is 0.286. The van der Waals surface area contributed by atoms with Gasteiger partial charge in [-0.25, -0.2) is 4.39 Å². The largest absolute Gasteiger partial charge is 0.497 e. The van der Waals surface area contributed by atoms with E-state index in [2.05, 4.69) is 10.3 Å². The Kier molecular flexibility index (Phi) is 4.37. The van der Waals surface area contributed by atoms with E-state index in [9.17, 15) is 9.18 Å². The molecule has 0 radical (unpaired) electrons. The molecule has 5 heteroatoms. The average molecular weight is 352 g/mol. The Morgan fingerprint density at radius 1 is 1.31 bits per heavy atom. The second-order valence-corrected chi connectivity index (χ2v) is 6.81. The Labute approximate surface area is 151 Å². The molecule has 0 saturated heterocycles. The zero-order chi connectivity index (χ0) is 18.1. The Hall–Kier alpha value is -2.82. The van der Waals surface area contributed by atoms with Crippen LogP contribution in [0.4, 0.5) is 4.39 Å². The van der Waals surface area contributed by atoms with Crippen molar-refractivity contribution in [1.29, 1.82) is 0 Å². The number of ether oxygens (including phenoxy) is 1. The summed E-state index contributed by atoms with van der Waals surface area (Å²) in [5, 5.41) is 4.26. The van der Waals surface area contributed by atoms with Gasteiger partial charge in [0.1, 0.15) is 11.6 Å². The van der Waals surface area contributed by atoms with Crippen LogP contribution in [0.1, 0.15) is 23.2 Å². The van der Waals surface area contributed by atoms with E-state index in [-0.39, 0.29) is 24.2 Å². The van der Waals surface area contributed by atoms with Crippen LogP contribution in [0.15, 0.2) is 42.5 Å². The highest BCUT2D eigenvalue weighted by Crippen LogP contribution is 2.31. The van der Waals surface area contributed by atoms with E-state index in [1.54, 1.807) is 19.2 Å². The highest BCUT2D eigenvalue weighted by atomic mass is 19.1. The molecule has 2 aromatic carbocycles. The number of amides is 1. The number of aromatic nitrogens is 1. The molecule has 0 fully saturated rings. The number of nitrogens with one attached hydrogen (secondary N) is 2. The number of methoxy groups -OCH3 is 1. The summed E-state index contributed by atoms with van der Waals surface area (Å²) in [7, 11) is 1.66. The van der Waals surface area contributed by atoms with E-state index >= 15 is 0 Å². The van der Waals surface area contributed by atoms with Gasteiger partial charge >= 0.3 is 0 Å². The normalized spacial score (nSPS) is 16.3. The van der Waals surface area contributed by atoms with Crippen LogP contribution >= 0.6 is 0 Å². The Balaban J connectivity index is 1.48. The molecule has 0 spiro atoms. The summed E-state index contributed by atoms with van der Waals surface area (Å²) >= 11 is 0. The maximum Gasteiger partial charge on any atom is 0.224 e. The van der Waals surface area contributed by atoms with Crippen LogP contribution in [0.5, 0.6) is 5.75 Å². The third kappa shape index (κ3) is 3.29. The average Bonchev–Trinajstić information content (AvgIpc) is 2.98. The molecule has 1 atom stereocenters. The molecule has 134 valence electrons. The monoisotopic (exact) mass is 352 g/mol. The molecule has 2 N–H and O–H groups in total. The predicted octanol–water partition coefficient (Wildman–Crippen LogP) is 3.53. The van der Waals surface area contributed by atoms with Crippen LogP contribution in [0.3, 0.4) is 0 Å². The number of aromatic amines is 1. The van der Waals surface area contributed by atoms with Gasteiger partial charge in [-0.05, 0) is 60.7 Å². The molecule has 0 saturated carbocycles. The first-order chi connectivity index (χ1) is 12.6. The fourth-order valence-corrected chi connectivity index (χ4v) is 3.76. The molecule has 1 amide bonds. The van der Waals surface area contributed by atoms with Crippen molar-refractivity contribution in [3.63, 3.8) is 0 Å². The lowest BCUT2D eigenvalue weighted by Gasteiger charge is -2.23. The van der Waals surface area contributed by atoms with Gasteiger partial charge in [0.25, 0.3) is 0 Å². The molecule has 4 rings (SSSR count). The van der Waals surface area contributed by atoms with Gasteiger partial charge in [-0.3, -0.25) is 4.79 Å². The van der Waals surface area contributed by atoms with Gasteiger partial charge < -0.3 is 15.0 Å². The van der Waals surface area contributed by atoms with Crippen LogP contribution in [-0.4, -0.2) is 24.0 Å². The maximum atomic E-state index is 13.3. The lowest BCUT2D eigenvalue weighted by Crippen LogP contribution is -2.39. The van der Waals surface area contributed by atoms with Gasteiger partial charge in [-0.1, -0.05) is 12.1 Å². The summed E-state index contributed by atoms with van der Waals surface area (Å²) in [5.41, 5.74) is 4.28. The fourth-order valence-electron chi connectivity index (χ4n) is 3.76. The maximum absolute atomic E-state index is 13.3. The van der Waals surface area contributed by atoms with Crippen molar-refractivity contribution in [3.05, 3.63) is 65.1 Å². The number of carbonyl (C=O) groups is 1. The molecule has 4 nitrogen and oxygen atoms in total. The van der Waals surface area contributed by atoms with Gasteiger partial charge in [0.05, 0.1) is 13.5 Å². The second-order valence-electron chi connectivity index (χ2n) is 6.81. The van der Waals surface area contributed by atoms with Gasteiger partial charge in [-0.2, -0.15) is 0 Å². The number of hydrogen-bond acceptors (Lipinski definition) is 2. The van der Waals surface area contributed by atoms with Crippen molar-refractivity contribution in [2.45, 2.75) is 31.7 Å². The minimum Gasteiger partial charge on any atom is -0.497 e. The van der Waals surface area contributed by atoms with Crippen molar-refractivity contribution in [2.24, 2.45) is 0 Å². The number of carbonyl (C=O) groups excluding carboxylic acids is 1. The van der Waals surface area contributed by atoms with Crippen molar-refractivity contribution >= 4 is 16.8 Å². The van der Waals surface area contributed by atoms with Crippen molar-refractivity contribution in [3.8, 4) is 5.75 Å². The number of rotatable bonds is 4. The van der Waals surface area contributed by atoms with E-state index in [4.69, 9.17) is 4.74 Å². The van der Waals surface area contributed by atoms with Gasteiger partial charge in [0.15, 0.2) is 0 Å². The minimum absolute atomic E-state index is 0.0681. The Morgan fingerprint density at radius 2 is 2.19 bits per heavy atom. The summed E-state index contributed by atoms with van der Waals surface area (Å²) in [6, 6.07) is 12.3. The van der Waals surface area contributed by atoms with E-state index in [0.29, 0.717) is 5.56 Å². The summed E-state index contributed by atoms with van der Waals surface area (Å²) in [4.78, 5) is 15.8. The van der Waals surface area contributed by atoms with Crippen LogP contribution in [0, 0.1) is 5.82 Å². The number of aryl methyl sites for hydroxylation is 1. The molecule has 26 heavy (non-hydrogen) atoms. The van der Waals surface area contributed by atoms with Crippen LogP contribution in [-0.2, 0) is 24.1 Å². The Bertz CT molecular complexity index is 964. The van der Waals surface area contributed by atoms with Crippen LogP contribution in [0.25, 0.3) is 10.9 Å². The van der Waals surface area contributed by atoms with Gasteiger partial charge in [0.2, 0.25) is 5.91 Å². The molecule has 1 aromatic heterocycles. The van der Waals surface area contributed by atoms with Gasteiger partial charge in [-0.15, -0.1) is 0 Å². The first-order valence-electron chi connectivity index (χ1n) is 8.83. The van der Waals surface area contributed by atoms with E-state index < -0.39 is 0 Å². The molecule has 1 unspecified atom stereocenters. The topological polar surface area (TPSA) is 54.1 Å². The number of hydrogen-bond donors (Lipinski definition) is 2. The number of H-pyrrole nitrogens is 1. The third-order valence-corrected chi connectivity index (χ3v) is 5.01. The lowest BCUT2D eigenvalue weighted by molar-refractivity contribution is -0.121. The summed E-state index contributed by atoms with van der Waals surface area (Å²) in [6.45, 7) is 0. The third-order valence-electron chi connectivity index (χ3n) is 5.01. The zero-order valence-electron chi connectivity index (χ0n) is 14.6. The predicted molar refractivity (Wildman–Crippen MR) is 98.9 cm³/mol. The number of halogens is 1. The second kappa shape index (κ2) is 6.83. The van der Waals surface area contributed by atoms with E-state index in [0.717, 1.165) is 35.9 Å². The Morgan fingerprint density at radius 3 is 3.00 bits per heavy atom. The molecule has 1 aliphatic carbocycles.